The summed E-state index contributed by atoms with van der Waals surface area (Å²) in [5.41, 5.74) is 2.54. The Morgan fingerprint density at radius 3 is 2.48 bits per heavy atom. The van der Waals surface area contributed by atoms with Crippen molar-refractivity contribution in [1.29, 1.82) is 5.26 Å². The van der Waals surface area contributed by atoms with Crippen LogP contribution in [0, 0.1) is 18.3 Å². The second kappa shape index (κ2) is 7.87. The van der Waals surface area contributed by atoms with Crippen LogP contribution in [0.1, 0.15) is 43.6 Å². The SMILES string of the molecule is Cc1cc2ccccc2c(-c2ccc(Cl)c(C#N)c2)c1[C@H](OC(C)(C)C)C(=O)O. The predicted octanol–water partition coefficient (Wildman–Crippen LogP) is 6.28. The van der Waals surface area contributed by atoms with Gasteiger partial charge in [-0.2, -0.15) is 5.26 Å². The maximum Gasteiger partial charge on any atom is 0.337 e. The summed E-state index contributed by atoms with van der Waals surface area (Å²) in [5, 5.41) is 21.7. The molecule has 0 bridgehead atoms. The number of hydrogen-bond acceptors (Lipinski definition) is 3. The van der Waals surface area contributed by atoms with Crippen molar-refractivity contribution in [2.24, 2.45) is 0 Å². The Kier molecular flexibility index (Phi) is 5.66. The molecule has 3 aromatic carbocycles. The van der Waals surface area contributed by atoms with Crippen molar-refractivity contribution in [3.05, 3.63) is 70.2 Å². The Labute approximate surface area is 175 Å². The van der Waals surface area contributed by atoms with E-state index in [2.05, 4.69) is 6.07 Å². The van der Waals surface area contributed by atoms with Crippen LogP contribution in [0.3, 0.4) is 0 Å². The van der Waals surface area contributed by atoms with Crippen LogP contribution in [0.4, 0.5) is 0 Å². The van der Waals surface area contributed by atoms with E-state index < -0.39 is 17.7 Å². The number of hydrogen-bond donors (Lipinski definition) is 1. The van der Waals surface area contributed by atoms with Crippen molar-refractivity contribution in [2.45, 2.75) is 39.4 Å². The molecule has 0 saturated heterocycles. The highest BCUT2D eigenvalue weighted by Gasteiger charge is 2.31. The lowest BCUT2D eigenvalue weighted by atomic mass is 9.86. The Morgan fingerprint density at radius 1 is 1.17 bits per heavy atom. The summed E-state index contributed by atoms with van der Waals surface area (Å²) in [4.78, 5) is 12.2. The van der Waals surface area contributed by atoms with Crippen LogP contribution < -0.4 is 0 Å². The van der Waals surface area contributed by atoms with E-state index in [0.29, 0.717) is 16.1 Å². The highest BCUT2D eigenvalue weighted by molar-refractivity contribution is 6.31. The van der Waals surface area contributed by atoms with E-state index in [1.54, 1.807) is 12.1 Å². The maximum atomic E-state index is 12.2. The van der Waals surface area contributed by atoms with Gasteiger partial charge in [-0.25, -0.2) is 4.79 Å². The minimum Gasteiger partial charge on any atom is -0.479 e. The minimum absolute atomic E-state index is 0.337. The Hall–Kier alpha value is -2.87. The van der Waals surface area contributed by atoms with Crippen molar-refractivity contribution in [2.75, 3.05) is 0 Å². The molecule has 0 radical (unpaired) electrons. The van der Waals surface area contributed by atoms with Gasteiger partial charge in [0.1, 0.15) is 6.07 Å². The number of nitrogens with zero attached hydrogens (tertiary/aromatic N) is 1. The predicted molar refractivity (Wildman–Crippen MR) is 115 cm³/mol. The third-order valence-electron chi connectivity index (χ3n) is 4.63. The molecule has 0 fully saturated rings. The monoisotopic (exact) mass is 407 g/mol. The van der Waals surface area contributed by atoms with Crippen LogP contribution in [0.25, 0.3) is 21.9 Å². The van der Waals surface area contributed by atoms with Gasteiger partial charge in [0, 0.05) is 5.56 Å². The summed E-state index contributed by atoms with van der Waals surface area (Å²) in [7, 11) is 0. The number of carboxylic acids is 1. The van der Waals surface area contributed by atoms with Gasteiger partial charge in [-0.15, -0.1) is 0 Å². The fourth-order valence-electron chi connectivity index (χ4n) is 3.51. The van der Waals surface area contributed by atoms with Crippen LogP contribution in [0.2, 0.25) is 5.02 Å². The van der Waals surface area contributed by atoms with Gasteiger partial charge in [-0.3, -0.25) is 0 Å². The molecule has 0 saturated carbocycles. The zero-order valence-electron chi connectivity index (χ0n) is 16.8. The second-order valence-electron chi connectivity index (χ2n) is 7.96. The summed E-state index contributed by atoms with van der Waals surface area (Å²) in [6.45, 7) is 7.37. The van der Waals surface area contributed by atoms with E-state index in [9.17, 15) is 15.2 Å². The van der Waals surface area contributed by atoms with Crippen molar-refractivity contribution < 1.29 is 14.6 Å². The molecular formula is C24H22ClNO3. The molecule has 0 aromatic heterocycles. The van der Waals surface area contributed by atoms with Gasteiger partial charge in [0.2, 0.25) is 0 Å². The number of nitriles is 1. The van der Waals surface area contributed by atoms with E-state index in [4.69, 9.17) is 16.3 Å². The fourth-order valence-corrected chi connectivity index (χ4v) is 3.67. The Morgan fingerprint density at radius 2 is 1.86 bits per heavy atom. The lowest BCUT2D eigenvalue weighted by Crippen LogP contribution is -2.28. The molecule has 3 rings (SSSR count). The fraction of sp³-hybridized carbons (Fsp3) is 0.250. The summed E-state index contributed by atoms with van der Waals surface area (Å²) in [5.74, 6) is -1.06. The molecule has 5 heteroatoms. The zero-order chi connectivity index (χ0) is 21.3. The third kappa shape index (κ3) is 4.27. The highest BCUT2D eigenvalue weighted by atomic mass is 35.5. The van der Waals surface area contributed by atoms with Crippen molar-refractivity contribution in [3.63, 3.8) is 0 Å². The molecule has 3 aromatic rings. The number of rotatable bonds is 4. The molecule has 0 unspecified atom stereocenters. The van der Waals surface area contributed by atoms with Gasteiger partial charge >= 0.3 is 5.97 Å². The van der Waals surface area contributed by atoms with Crippen LogP contribution >= 0.6 is 11.6 Å². The zero-order valence-corrected chi connectivity index (χ0v) is 17.5. The van der Waals surface area contributed by atoms with E-state index >= 15 is 0 Å². The number of carboxylic acid groups (broad SMARTS) is 1. The van der Waals surface area contributed by atoms with E-state index in [0.717, 1.165) is 27.5 Å². The molecule has 1 N–H and O–H groups in total. The van der Waals surface area contributed by atoms with Crippen molar-refractivity contribution >= 4 is 28.3 Å². The number of halogens is 1. The highest BCUT2D eigenvalue weighted by Crippen LogP contribution is 2.41. The largest absolute Gasteiger partial charge is 0.479 e. The first-order chi connectivity index (χ1) is 13.6. The molecule has 29 heavy (non-hydrogen) atoms. The van der Waals surface area contributed by atoms with E-state index in [1.807, 2.05) is 64.1 Å². The first-order valence-corrected chi connectivity index (χ1v) is 9.63. The maximum absolute atomic E-state index is 12.2. The quantitative estimate of drug-likeness (QED) is 0.552. The molecule has 0 amide bonds. The molecule has 148 valence electrons. The Bertz CT molecular complexity index is 1140. The van der Waals surface area contributed by atoms with Crippen LogP contribution in [-0.4, -0.2) is 16.7 Å². The topological polar surface area (TPSA) is 70.3 Å². The summed E-state index contributed by atoms with van der Waals surface area (Å²) < 4.78 is 5.97. The lowest BCUT2D eigenvalue weighted by Gasteiger charge is -2.28. The molecule has 1 atom stereocenters. The van der Waals surface area contributed by atoms with Gasteiger partial charge in [0.25, 0.3) is 0 Å². The van der Waals surface area contributed by atoms with E-state index in [-0.39, 0.29) is 0 Å². The van der Waals surface area contributed by atoms with Crippen molar-refractivity contribution in [3.8, 4) is 17.2 Å². The molecule has 0 aliphatic rings. The number of aliphatic carboxylic acids is 1. The minimum atomic E-state index is -1.16. The molecule has 0 aliphatic heterocycles. The second-order valence-corrected chi connectivity index (χ2v) is 8.37. The van der Waals surface area contributed by atoms with Gasteiger partial charge < -0.3 is 9.84 Å². The first kappa shape index (κ1) is 20.9. The number of carbonyl (C=O) groups is 1. The number of aryl methyl sites for hydroxylation is 1. The lowest BCUT2D eigenvalue weighted by molar-refractivity contribution is -0.160. The average Bonchev–Trinajstić information content (AvgIpc) is 2.65. The normalized spacial score (nSPS) is 12.6. The van der Waals surface area contributed by atoms with Gasteiger partial charge in [0.05, 0.1) is 16.2 Å². The summed E-state index contributed by atoms with van der Waals surface area (Å²) in [6, 6.07) is 17.0. The van der Waals surface area contributed by atoms with Crippen LogP contribution in [0.5, 0.6) is 0 Å². The number of benzene rings is 3. The van der Waals surface area contributed by atoms with Gasteiger partial charge in [0.15, 0.2) is 6.10 Å². The number of fused-ring (bicyclic) bond motifs is 1. The van der Waals surface area contributed by atoms with Gasteiger partial charge in [-0.05, 0) is 67.3 Å². The van der Waals surface area contributed by atoms with Crippen LogP contribution in [0.15, 0.2) is 48.5 Å². The molecule has 0 spiro atoms. The molecular weight excluding hydrogens is 386 g/mol. The Balaban J connectivity index is 2.42. The number of ether oxygens (including phenoxy) is 1. The van der Waals surface area contributed by atoms with E-state index in [1.165, 1.54) is 0 Å². The third-order valence-corrected chi connectivity index (χ3v) is 4.96. The molecule has 4 nitrogen and oxygen atoms in total. The summed E-state index contributed by atoms with van der Waals surface area (Å²) >= 11 is 6.13. The average molecular weight is 408 g/mol. The van der Waals surface area contributed by atoms with Gasteiger partial charge in [-0.1, -0.05) is 48.0 Å². The van der Waals surface area contributed by atoms with Crippen molar-refractivity contribution in [1.82, 2.24) is 0 Å². The summed E-state index contributed by atoms with van der Waals surface area (Å²) in [6.07, 6.45) is -1.16. The smallest absolute Gasteiger partial charge is 0.337 e. The first-order valence-electron chi connectivity index (χ1n) is 9.25. The van der Waals surface area contributed by atoms with Crippen LogP contribution in [-0.2, 0) is 9.53 Å². The molecule has 0 aliphatic carbocycles. The molecule has 0 heterocycles. The standard InChI is InChI=1S/C24H22ClNO3/c1-14-11-15-7-5-6-8-18(15)21(16-9-10-19(25)17(12-16)13-26)20(14)22(23(27)28)29-24(2,3)4/h5-12,22H,1-4H3,(H,27,28)/t22-/m0/s1.